The van der Waals surface area contributed by atoms with Crippen LogP contribution in [-0.4, -0.2) is 31.4 Å². The van der Waals surface area contributed by atoms with Crippen LogP contribution in [0.3, 0.4) is 0 Å². The van der Waals surface area contributed by atoms with Crippen molar-refractivity contribution < 1.29 is 15.0 Å². The second kappa shape index (κ2) is 3.98. The Labute approximate surface area is 82.0 Å². The summed E-state index contributed by atoms with van der Waals surface area (Å²) in [5, 5.41) is 18.0. The van der Waals surface area contributed by atoms with Gasteiger partial charge in [-0.3, -0.25) is 4.79 Å². The lowest BCUT2D eigenvalue weighted by Crippen LogP contribution is -2.41. The number of rotatable bonds is 3. The van der Waals surface area contributed by atoms with E-state index >= 15 is 0 Å². The molecule has 0 radical (unpaired) electrons. The molecule has 0 aromatic rings. The topological polar surface area (TPSA) is 57.5 Å². The van der Waals surface area contributed by atoms with Gasteiger partial charge in [-0.05, 0) is 13.8 Å². The number of ketones is 1. The SMILES string of the molecule is CC(O)C(=O)C(Br)(Br)C(C)O. The molecule has 0 bridgehead atoms. The first-order valence-corrected chi connectivity index (χ1v) is 4.67. The molecule has 0 aliphatic rings. The fourth-order valence-electron chi connectivity index (χ4n) is 0.484. The summed E-state index contributed by atoms with van der Waals surface area (Å²) in [7, 11) is 0. The van der Waals surface area contributed by atoms with E-state index < -0.39 is 21.2 Å². The molecule has 0 aliphatic carbocycles. The highest BCUT2D eigenvalue weighted by molar-refractivity contribution is 9.26. The van der Waals surface area contributed by atoms with Gasteiger partial charge in [0.05, 0.1) is 6.10 Å². The van der Waals surface area contributed by atoms with E-state index in [0.717, 1.165) is 0 Å². The van der Waals surface area contributed by atoms with Crippen LogP contribution in [0.1, 0.15) is 13.8 Å². The predicted octanol–water partition coefficient (Wildman–Crippen LogP) is 0.803. The second-order valence-electron chi connectivity index (χ2n) is 2.34. The van der Waals surface area contributed by atoms with Gasteiger partial charge in [0, 0.05) is 0 Å². The minimum Gasteiger partial charge on any atom is -0.391 e. The number of halogens is 2. The van der Waals surface area contributed by atoms with Crippen molar-refractivity contribution >= 4 is 37.6 Å². The largest absolute Gasteiger partial charge is 0.391 e. The van der Waals surface area contributed by atoms with Crippen LogP contribution in [0.15, 0.2) is 0 Å². The third-order valence-electron chi connectivity index (χ3n) is 1.23. The van der Waals surface area contributed by atoms with Crippen molar-refractivity contribution in [3.05, 3.63) is 0 Å². The van der Waals surface area contributed by atoms with Crippen LogP contribution in [0, 0.1) is 0 Å². The van der Waals surface area contributed by atoms with E-state index in [2.05, 4.69) is 31.9 Å². The molecule has 0 saturated carbocycles. The molecule has 0 heterocycles. The Morgan fingerprint density at radius 1 is 1.36 bits per heavy atom. The molecule has 0 aromatic carbocycles. The summed E-state index contributed by atoms with van der Waals surface area (Å²) in [5.41, 5.74) is 0. The van der Waals surface area contributed by atoms with Gasteiger partial charge in [-0.2, -0.15) is 0 Å². The molecular formula is C6H10Br2O3. The number of aliphatic hydroxyl groups is 2. The van der Waals surface area contributed by atoms with Crippen LogP contribution in [0.5, 0.6) is 0 Å². The fraction of sp³-hybridized carbons (Fsp3) is 0.833. The van der Waals surface area contributed by atoms with Crippen LogP contribution in [0.25, 0.3) is 0 Å². The molecule has 2 N–H and O–H groups in total. The molecule has 2 unspecified atom stereocenters. The maximum absolute atomic E-state index is 11.1. The number of aliphatic hydroxyl groups excluding tert-OH is 2. The van der Waals surface area contributed by atoms with Gasteiger partial charge in [-0.15, -0.1) is 0 Å². The van der Waals surface area contributed by atoms with Gasteiger partial charge in [0.2, 0.25) is 0 Å². The Morgan fingerprint density at radius 3 is 1.82 bits per heavy atom. The summed E-state index contributed by atoms with van der Waals surface area (Å²) in [6.07, 6.45) is -1.99. The van der Waals surface area contributed by atoms with Crippen LogP contribution in [-0.2, 0) is 4.79 Å². The normalized spacial score (nSPS) is 17.6. The van der Waals surface area contributed by atoms with Gasteiger partial charge in [0.1, 0.15) is 6.10 Å². The molecule has 0 aliphatic heterocycles. The minimum atomic E-state index is -1.23. The summed E-state index contributed by atoms with van der Waals surface area (Å²) >= 11 is 5.94. The van der Waals surface area contributed by atoms with Crippen LogP contribution < -0.4 is 0 Å². The van der Waals surface area contributed by atoms with Gasteiger partial charge in [0.15, 0.2) is 9.02 Å². The van der Waals surface area contributed by atoms with E-state index in [-0.39, 0.29) is 0 Å². The highest BCUT2D eigenvalue weighted by Crippen LogP contribution is 2.32. The first-order chi connectivity index (χ1) is 4.80. The summed E-state index contributed by atoms with van der Waals surface area (Å²) in [5.74, 6) is -0.493. The lowest BCUT2D eigenvalue weighted by atomic mass is 10.1. The standard InChI is InChI=1S/C6H10Br2O3/c1-3(9)5(11)6(7,8)4(2)10/h3-4,9-10H,1-2H3. The van der Waals surface area contributed by atoms with E-state index in [1.807, 2.05) is 0 Å². The molecule has 5 heteroatoms. The Bertz CT molecular complexity index is 154. The number of hydrogen-bond donors (Lipinski definition) is 2. The fourth-order valence-corrected chi connectivity index (χ4v) is 1.15. The number of hydrogen-bond acceptors (Lipinski definition) is 3. The first kappa shape index (κ1) is 11.6. The van der Waals surface area contributed by atoms with Crippen LogP contribution in [0.2, 0.25) is 0 Å². The summed E-state index contributed by atoms with van der Waals surface area (Å²) in [6, 6.07) is 0. The van der Waals surface area contributed by atoms with Crippen molar-refractivity contribution in [3.8, 4) is 0 Å². The van der Waals surface area contributed by atoms with Crippen molar-refractivity contribution in [1.29, 1.82) is 0 Å². The molecule has 2 atom stereocenters. The van der Waals surface area contributed by atoms with Crippen molar-refractivity contribution in [2.75, 3.05) is 0 Å². The molecular weight excluding hydrogens is 280 g/mol. The maximum atomic E-state index is 11.1. The Balaban J connectivity index is 4.43. The molecule has 0 spiro atoms. The molecule has 11 heavy (non-hydrogen) atoms. The average molecular weight is 290 g/mol. The van der Waals surface area contributed by atoms with Gasteiger partial charge in [0.25, 0.3) is 0 Å². The van der Waals surface area contributed by atoms with Crippen molar-refractivity contribution in [2.24, 2.45) is 0 Å². The number of alkyl halides is 2. The highest BCUT2D eigenvalue weighted by atomic mass is 79.9. The molecule has 0 rings (SSSR count). The summed E-state index contributed by atoms with van der Waals surface area (Å²) < 4.78 is -1.23. The number of Topliss-reactive ketones (excluding diaryl/α,β-unsaturated/α-hetero) is 1. The number of carbonyl (C=O) groups is 1. The molecule has 0 saturated heterocycles. The second-order valence-corrected chi connectivity index (χ2v) is 5.90. The lowest BCUT2D eigenvalue weighted by molar-refractivity contribution is -0.127. The molecule has 3 nitrogen and oxygen atoms in total. The Kier molecular flexibility index (Phi) is 4.18. The van der Waals surface area contributed by atoms with E-state index in [0.29, 0.717) is 0 Å². The predicted molar refractivity (Wildman–Crippen MR) is 49.0 cm³/mol. The molecule has 0 amide bonds. The zero-order valence-electron chi connectivity index (χ0n) is 6.21. The van der Waals surface area contributed by atoms with Crippen molar-refractivity contribution in [2.45, 2.75) is 29.3 Å². The Hall–Kier alpha value is 0.550. The zero-order valence-corrected chi connectivity index (χ0v) is 9.39. The van der Waals surface area contributed by atoms with Gasteiger partial charge < -0.3 is 10.2 Å². The molecule has 66 valence electrons. The third kappa shape index (κ3) is 2.82. The third-order valence-corrected chi connectivity index (χ3v) is 3.34. The van der Waals surface area contributed by atoms with E-state index in [1.165, 1.54) is 13.8 Å². The maximum Gasteiger partial charge on any atom is 0.190 e. The van der Waals surface area contributed by atoms with Gasteiger partial charge >= 0.3 is 0 Å². The lowest BCUT2D eigenvalue weighted by Gasteiger charge is -2.23. The van der Waals surface area contributed by atoms with E-state index in [1.54, 1.807) is 0 Å². The quantitative estimate of drug-likeness (QED) is 0.756. The van der Waals surface area contributed by atoms with Gasteiger partial charge in [-0.25, -0.2) is 0 Å². The highest BCUT2D eigenvalue weighted by Gasteiger charge is 2.39. The summed E-state index contributed by atoms with van der Waals surface area (Å²) in [6.45, 7) is 2.80. The number of carbonyl (C=O) groups excluding carboxylic acids is 1. The summed E-state index contributed by atoms with van der Waals surface area (Å²) in [4.78, 5) is 11.1. The first-order valence-electron chi connectivity index (χ1n) is 3.08. The minimum absolute atomic E-state index is 0.493. The van der Waals surface area contributed by atoms with Crippen LogP contribution >= 0.6 is 31.9 Å². The van der Waals surface area contributed by atoms with Crippen molar-refractivity contribution in [1.82, 2.24) is 0 Å². The van der Waals surface area contributed by atoms with Crippen LogP contribution in [0.4, 0.5) is 0 Å². The molecule has 0 fully saturated rings. The zero-order chi connectivity index (χ0) is 9.23. The van der Waals surface area contributed by atoms with E-state index in [4.69, 9.17) is 10.2 Å². The monoisotopic (exact) mass is 288 g/mol. The van der Waals surface area contributed by atoms with Crippen molar-refractivity contribution in [3.63, 3.8) is 0 Å². The Morgan fingerprint density at radius 2 is 1.73 bits per heavy atom. The smallest absolute Gasteiger partial charge is 0.190 e. The molecule has 0 aromatic heterocycles. The average Bonchev–Trinajstić information content (AvgIpc) is 1.85. The van der Waals surface area contributed by atoms with E-state index in [9.17, 15) is 4.79 Å². The van der Waals surface area contributed by atoms with Gasteiger partial charge in [-0.1, -0.05) is 31.9 Å².